The third-order valence-corrected chi connectivity index (χ3v) is 3.89. The van der Waals surface area contributed by atoms with Gasteiger partial charge in [-0.15, -0.1) is 0 Å². The highest BCUT2D eigenvalue weighted by Crippen LogP contribution is 2.20. The summed E-state index contributed by atoms with van der Waals surface area (Å²) in [6.07, 6.45) is -0.799. The number of anilines is 1. The number of rotatable bonds is 9. The number of nitrogens with one attached hydrogen (secondary N) is 2. The first-order chi connectivity index (χ1) is 14.5. The molecule has 0 aliphatic heterocycles. The second-order valence-electron chi connectivity index (χ2n) is 6.20. The van der Waals surface area contributed by atoms with E-state index in [1.54, 1.807) is 36.1 Å². The molecule has 30 heavy (non-hydrogen) atoms. The minimum atomic E-state index is -0.799. The highest BCUT2D eigenvalue weighted by atomic mass is 16.5. The van der Waals surface area contributed by atoms with E-state index in [0.717, 1.165) is 5.69 Å². The van der Waals surface area contributed by atoms with E-state index in [-0.39, 0.29) is 25.6 Å². The van der Waals surface area contributed by atoms with Crippen LogP contribution < -0.4 is 10.6 Å². The summed E-state index contributed by atoms with van der Waals surface area (Å²) in [5.74, 6) is -0.810. The second kappa shape index (κ2) is 12.1. The zero-order chi connectivity index (χ0) is 21.8. The number of hydrogen-bond acceptors (Lipinski definition) is 7. The fourth-order valence-corrected chi connectivity index (χ4v) is 2.43. The molecule has 0 bridgehead atoms. The van der Waals surface area contributed by atoms with Gasteiger partial charge in [-0.3, -0.25) is 19.8 Å². The molecule has 0 radical (unpaired) electrons. The van der Waals surface area contributed by atoms with Crippen molar-refractivity contribution in [3.05, 3.63) is 54.6 Å². The van der Waals surface area contributed by atoms with Crippen LogP contribution in [0.3, 0.4) is 0 Å². The topological polar surface area (TPSA) is 112 Å². The predicted molar refractivity (Wildman–Crippen MR) is 113 cm³/mol. The SMILES string of the molecule is CCOC(=O)NC(=O)CN(CC)CC(=O)Nc1ccc(N=Nc2ccccc2)cc1. The minimum absolute atomic E-state index is 0.00219. The van der Waals surface area contributed by atoms with E-state index < -0.39 is 12.0 Å². The Hall–Kier alpha value is -3.59. The standard InChI is InChI=1S/C21H25N5O4/c1-3-26(15-20(28)23-21(29)30-4-2)14-19(27)22-16-10-12-18(13-11-16)25-24-17-8-6-5-7-9-17/h5-13H,3-4,14-15H2,1-2H3,(H,22,27)(H,23,28,29). The van der Waals surface area contributed by atoms with Crippen LogP contribution in [-0.2, 0) is 14.3 Å². The number of carbonyl (C=O) groups excluding carboxylic acids is 3. The quantitative estimate of drug-likeness (QED) is 0.612. The molecule has 158 valence electrons. The van der Waals surface area contributed by atoms with Gasteiger partial charge < -0.3 is 10.1 Å². The molecule has 2 aromatic carbocycles. The van der Waals surface area contributed by atoms with Crippen molar-refractivity contribution < 1.29 is 19.1 Å². The molecule has 0 unspecified atom stereocenters. The van der Waals surface area contributed by atoms with Crippen molar-refractivity contribution >= 4 is 35.0 Å². The Balaban J connectivity index is 1.83. The van der Waals surface area contributed by atoms with Gasteiger partial charge in [0.05, 0.1) is 31.1 Å². The molecule has 2 N–H and O–H groups in total. The molecule has 0 aromatic heterocycles. The third-order valence-electron chi connectivity index (χ3n) is 3.89. The summed E-state index contributed by atoms with van der Waals surface area (Å²) < 4.78 is 4.66. The number of hydrogen-bond donors (Lipinski definition) is 2. The number of ether oxygens (including phenoxy) is 1. The Morgan fingerprint density at radius 2 is 1.47 bits per heavy atom. The summed E-state index contributed by atoms with van der Waals surface area (Å²) in [4.78, 5) is 37.0. The van der Waals surface area contributed by atoms with Crippen molar-refractivity contribution in [2.45, 2.75) is 13.8 Å². The fraction of sp³-hybridized carbons (Fsp3) is 0.286. The van der Waals surface area contributed by atoms with Gasteiger partial charge in [-0.2, -0.15) is 10.2 Å². The molecular formula is C21H25N5O4. The highest BCUT2D eigenvalue weighted by molar-refractivity contribution is 5.94. The van der Waals surface area contributed by atoms with Gasteiger partial charge >= 0.3 is 6.09 Å². The lowest BCUT2D eigenvalue weighted by Crippen LogP contribution is -2.43. The average Bonchev–Trinajstić information content (AvgIpc) is 2.73. The van der Waals surface area contributed by atoms with E-state index in [4.69, 9.17) is 0 Å². The summed E-state index contributed by atoms with van der Waals surface area (Å²) >= 11 is 0. The van der Waals surface area contributed by atoms with Crippen molar-refractivity contribution in [3.8, 4) is 0 Å². The zero-order valence-electron chi connectivity index (χ0n) is 17.0. The van der Waals surface area contributed by atoms with Crippen molar-refractivity contribution in [2.75, 3.05) is 31.6 Å². The molecule has 2 rings (SSSR count). The van der Waals surface area contributed by atoms with Crippen LogP contribution >= 0.6 is 0 Å². The van der Waals surface area contributed by atoms with Crippen LogP contribution in [0.2, 0.25) is 0 Å². The Morgan fingerprint density at radius 3 is 2.07 bits per heavy atom. The summed E-state index contributed by atoms with van der Waals surface area (Å²) in [6, 6.07) is 16.3. The van der Waals surface area contributed by atoms with Crippen molar-refractivity contribution in [1.29, 1.82) is 0 Å². The number of likely N-dealkylation sites (N-methyl/N-ethyl adjacent to an activating group) is 1. The maximum atomic E-state index is 12.3. The number of benzene rings is 2. The number of imide groups is 1. The lowest BCUT2D eigenvalue weighted by Gasteiger charge is -2.19. The third kappa shape index (κ3) is 8.19. The molecule has 0 aliphatic carbocycles. The van der Waals surface area contributed by atoms with Gasteiger partial charge in [0, 0.05) is 5.69 Å². The van der Waals surface area contributed by atoms with Gasteiger partial charge in [-0.25, -0.2) is 4.79 Å². The molecule has 0 heterocycles. The Bertz CT molecular complexity index is 869. The van der Waals surface area contributed by atoms with E-state index in [9.17, 15) is 14.4 Å². The summed E-state index contributed by atoms with van der Waals surface area (Å²) in [7, 11) is 0. The van der Waals surface area contributed by atoms with Crippen LogP contribution in [0.5, 0.6) is 0 Å². The van der Waals surface area contributed by atoms with Crippen molar-refractivity contribution in [3.63, 3.8) is 0 Å². The maximum absolute atomic E-state index is 12.3. The summed E-state index contributed by atoms with van der Waals surface area (Å²) in [5.41, 5.74) is 2.01. The molecule has 0 saturated heterocycles. The molecule has 3 amide bonds. The normalized spacial score (nSPS) is 10.8. The van der Waals surface area contributed by atoms with Crippen LogP contribution in [-0.4, -0.2) is 49.0 Å². The average molecular weight is 411 g/mol. The first-order valence-corrected chi connectivity index (χ1v) is 9.55. The van der Waals surface area contributed by atoms with Gasteiger partial charge in [0.25, 0.3) is 0 Å². The van der Waals surface area contributed by atoms with Crippen LogP contribution in [0.15, 0.2) is 64.8 Å². The Morgan fingerprint density at radius 1 is 0.867 bits per heavy atom. The number of azo groups is 1. The Kier molecular flexibility index (Phi) is 9.14. The van der Waals surface area contributed by atoms with Crippen molar-refractivity contribution in [2.24, 2.45) is 10.2 Å². The number of nitrogens with zero attached hydrogens (tertiary/aromatic N) is 3. The van der Waals surface area contributed by atoms with Gasteiger partial charge in [-0.05, 0) is 49.9 Å². The molecule has 0 aliphatic rings. The first-order valence-electron chi connectivity index (χ1n) is 9.55. The molecule has 0 spiro atoms. The molecule has 0 fully saturated rings. The zero-order valence-corrected chi connectivity index (χ0v) is 17.0. The number of carbonyl (C=O) groups is 3. The van der Waals surface area contributed by atoms with Gasteiger partial charge in [0.1, 0.15) is 0 Å². The fourth-order valence-electron chi connectivity index (χ4n) is 2.43. The smallest absolute Gasteiger partial charge is 0.413 e. The predicted octanol–water partition coefficient (Wildman–Crippen LogP) is 3.64. The molecule has 0 atom stereocenters. The monoisotopic (exact) mass is 411 g/mol. The van der Waals surface area contributed by atoms with Gasteiger partial charge in [-0.1, -0.05) is 25.1 Å². The molecule has 9 nitrogen and oxygen atoms in total. The molecule has 2 aromatic rings. The van der Waals surface area contributed by atoms with E-state index >= 15 is 0 Å². The number of alkyl carbamates (subject to hydrolysis) is 1. The largest absolute Gasteiger partial charge is 0.450 e. The van der Waals surface area contributed by atoms with Crippen LogP contribution in [0.1, 0.15) is 13.8 Å². The molecule has 0 saturated carbocycles. The molecular weight excluding hydrogens is 386 g/mol. The van der Waals surface area contributed by atoms with Crippen molar-refractivity contribution in [1.82, 2.24) is 10.2 Å². The van der Waals surface area contributed by atoms with E-state index in [0.29, 0.717) is 17.9 Å². The highest BCUT2D eigenvalue weighted by Gasteiger charge is 2.15. The van der Waals surface area contributed by atoms with Gasteiger partial charge in [0.2, 0.25) is 11.8 Å². The van der Waals surface area contributed by atoms with E-state index in [1.807, 2.05) is 37.3 Å². The van der Waals surface area contributed by atoms with Gasteiger partial charge in [0.15, 0.2) is 0 Å². The van der Waals surface area contributed by atoms with Crippen LogP contribution in [0.25, 0.3) is 0 Å². The summed E-state index contributed by atoms with van der Waals surface area (Å²) in [6.45, 7) is 4.00. The van der Waals surface area contributed by atoms with Crippen LogP contribution in [0.4, 0.5) is 21.9 Å². The lowest BCUT2D eigenvalue weighted by molar-refractivity contribution is -0.122. The second-order valence-corrected chi connectivity index (χ2v) is 6.20. The van der Waals surface area contributed by atoms with Crippen LogP contribution in [0, 0.1) is 0 Å². The lowest BCUT2D eigenvalue weighted by atomic mass is 10.3. The Labute approximate surface area is 175 Å². The van der Waals surface area contributed by atoms with E-state index in [2.05, 4.69) is 25.6 Å². The number of amides is 3. The molecule has 9 heteroatoms. The summed E-state index contributed by atoms with van der Waals surface area (Å²) in [5, 5.41) is 13.2. The minimum Gasteiger partial charge on any atom is -0.450 e. The first kappa shape index (κ1) is 22.7. The van der Waals surface area contributed by atoms with E-state index in [1.165, 1.54) is 0 Å². The maximum Gasteiger partial charge on any atom is 0.413 e.